The van der Waals surface area contributed by atoms with Gasteiger partial charge in [-0.15, -0.1) is 0 Å². The van der Waals surface area contributed by atoms with Crippen molar-refractivity contribution in [3.63, 3.8) is 0 Å². The molecule has 0 saturated carbocycles. The van der Waals surface area contributed by atoms with Crippen LogP contribution in [0.15, 0.2) is 0 Å². The van der Waals surface area contributed by atoms with Crippen LogP contribution >= 0.6 is 0 Å². The minimum Gasteiger partial charge on any atom is -0.350 e. The first-order valence-corrected chi connectivity index (χ1v) is 8.98. The van der Waals surface area contributed by atoms with Gasteiger partial charge in [-0.05, 0) is 40.2 Å². The Morgan fingerprint density at radius 2 is 1.48 bits per heavy atom. The van der Waals surface area contributed by atoms with E-state index < -0.39 is 0 Å². The molecule has 0 aliphatic heterocycles. The Hall–Kier alpha value is -0.570. The van der Waals surface area contributed by atoms with Crippen LogP contribution in [0, 0.1) is 0 Å². The van der Waals surface area contributed by atoms with Gasteiger partial charge in [-0.3, -0.25) is 4.79 Å². The van der Waals surface area contributed by atoms with Crippen molar-refractivity contribution < 1.29 is 4.79 Å². The van der Waals surface area contributed by atoms with Gasteiger partial charge >= 0.3 is 0 Å². The fourth-order valence-corrected chi connectivity index (χ4v) is 2.20. The Labute approximate surface area is 132 Å². The zero-order valence-electron chi connectivity index (χ0n) is 15.1. The van der Waals surface area contributed by atoms with Gasteiger partial charge in [0.15, 0.2) is 0 Å². The van der Waals surface area contributed by atoms with Crippen molar-refractivity contribution in [3.8, 4) is 0 Å². The first-order chi connectivity index (χ1) is 9.93. The molecule has 0 radical (unpaired) electrons. The van der Waals surface area contributed by atoms with Crippen LogP contribution in [-0.2, 0) is 4.79 Å². The monoisotopic (exact) mass is 298 g/mol. The molecule has 0 aromatic heterocycles. The Morgan fingerprint density at radius 1 is 0.952 bits per heavy atom. The molecular formula is C18H38N2O. The van der Waals surface area contributed by atoms with E-state index in [9.17, 15) is 4.79 Å². The summed E-state index contributed by atoms with van der Waals surface area (Å²) in [5.41, 5.74) is -0.106. The van der Waals surface area contributed by atoms with Gasteiger partial charge in [-0.2, -0.15) is 0 Å². The lowest BCUT2D eigenvalue weighted by Crippen LogP contribution is -2.50. The molecule has 3 nitrogen and oxygen atoms in total. The molecule has 0 aliphatic rings. The molecule has 0 rings (SSSR count). The van der Waals surface area contributed by atoms with Gasteiger partial charge in [0.1, 0.15) is 0 Å². The average molecular weight is 299 g/mol. The van der Waals surface area contributed by atoms with Crippen molar-refractivity contribution in [2.75, 3.05) is 6.54 Å². The van der Waals surface area contributed by atoms with Gasteiger partial charge in [0.2, 0.25) is 5.91 Å². The number of carbonyl (C=O) groups excluding carboxylic acids is 1. The average Bonchev–Trinajstić information content (AvgIpc) is 2.44. The van der Waals surface area contributed by atoms with Crippen LogP contribution in [0.1, 0.15) is 92.4 Å². The maximum absolute atomic E-state index is 12.0. The van der Waals surface area contributed by atoms with Gasteiger partial charge in [0.25, 0.3) is 0 Å². The maximum atomic E-state index is 12.0. The quantitative estimate of drug-likeness (QED) is 0.494. The van der Waals surface area contributed by atoms with E-state index in [2.05, 4.69) is 38.3 Å². The molecule has 0 fully saturated rings. The van der Waals surface area contributed by atoms with Crippen LogP contribution in [0.25, 0.3) is 0 Å². The largest absolute Gasteiger partial charge is 0.350 e. The standard InChI is InChI=1S/C18H38N2O/c1-6-8-9-10-11-12-13-14-15-19-16(3)17(21)20-18(4,5)7-2/h16,19H,6-15H2,1-5H3,(H,20,21). The van der Waals surface area contributed by atoms with E-state index in [4.69, 9.17) is 0 Å². The first-order valence-electron chi connectivity index (χ1n) is 8.98. The second kappa shape index (κ2) is 12.0. The van der Waals surface area contributed by atoms with Crippen molar-refractivity contribution in [2.24, 2.45) is 0 Å². The Kier molecular flexibility index (Phi) is 11.7. The summed E-state index contributed by atoms with van der Waals surface area (Å²) in [6, 6.07) is -0.0969. The lowest BCUT2D eigenvalue weighted by molar-refractivity contribution is -0.124. The van der Waals surface area contributed by atoms with Gasteiger partial charge in [0.05, 0.1) is 6.04 Å². The number of nitrogens with one attached hydrogen (secondary N) is 2. The highest BCUT2D eigenvalue weighted by atomic mass is 16.2. The normalized spacial score (nSPS) is 13.2. The van der Waals surface area contributed by atoms with E-state index in [0.29, 0.717) is 0 Å². The number of rotatable bonds is 13. The third kappa shape index (κ3) is 11.7. The van der Waals surface area contributed by atoms with Gasteiger partial charge in [-0.25, -0.2) is 0 Å². The molecule has 126 valence electrons. The summed E-state index contributed by atoms with van der Waals surface area (Å²) >= 11 is 0. The van der Waals surface area contributed by atoms with Crippen molar-refractivity contribution in [2.45, 2.75) is 104 Å². The predicted molar refractivity (Wildman–Crippen MR) is 92.6 cm³/mol. The second-order valence-electron chi connectivity index (χ2n) is 6.88. The highest BCUT2D eigenvalue weighted by Crippen LogP contribution is 2.08. The smallest absolute Gasteiger partial charge is 0.237 e. The molecule has 3 heteroatoms. The van der Waals surface area contributed by atoms with Crippen LogP contribution in [-0.4, -0.2) is 24.0 Å². The number of carbonyl (C=O) groups is 1. The van der Waals surface area contributed by atoms with E-state index in [0.717, 1.165) is 13.0 Å². The molecule has 0 spiro atoms. The summed E-state index contributed by atoms with van der Waals surface area (Å²) in [4.78, 5) is 12.0. The predicted octanol–water partition coefficient (Wildman–Crippen LogP) is 4.41. The molecular weight excluding hydrogens is 260 g/mol. The number of amides is 1. The summed E-state index contributed by atoms with van der Waals surface area (Å²) < 4.78 is 0. The summed E-state index contributed by atoms with van der Waals surface area (Å²) in [6.45, 7) is 11.4. The van der Waals surface area contributed by atoms with Crippen molar-refractivity contribution in [1.29, 1.82) is 0 Å². The third-order valence-corrected chi connectivity index (χ3v) is 4.22. The summed E-state index contributed by atoms with van der Waals surface area (Å²) in [5.74, 6) is 0.112. The molecule has 1 amide bonds. The van der Waals surface area contributed by atoms with Crippen molar-refractivity contribution in [1.82, 2.24) is 10.6 Å². The van der Waals surface area contributed by atoms with Crippen LogP contribution in [0.3, 0.4) is 0 Å². The highest BCUT2D eigenvalue weighted by Gasteiger charge is 2.21. The fourth-order valence-electron chi connectivity index (χ4n) is 2.20. The van der Waals surface area contributed by atoms with Gasteiger partial charge in [0, 0.05) is 5.54 Å². The molecule has 0 aliphatic carbocycles. The second-order valence-corrected chi connectivity index (χ2v) is 6.88. The van der Waals surface area contributed by atoms with Crippen LogP contribution in [0.5, 0.6) is 0 Å². The van der Waals surface area contributed by atoms with E-state index in [-0.39, 0.29) is 17.5 Å². The Morgan fingerprint density at radius 3 is 2.00 bits per heavy atom. The minimum absolute atomic E-state index is 0.0969. The third-order valence-electron chi connectivity index (χ3n) is 4.22. The highest BCUT2D eigenvalue weighted by molar-refractivity contribution is 5.81. The first kappa shape index (κ1) is 20.4. The van der Waals surface area contributed by atoms with Gasteiger partial charge in [-0.1, -0.05) is 58.8 Å². The minimum atomic E-state index is -0.106. The van der Waals surface area contributed by atoms with Gasteiger partial charge < -0.3 is 10.6 Å². The SMILES string of the molecule is CCCCCCCCCCNC(C)C(=O)NC(C)(C)CC. The number of hydrogen-bond donors (Lipinski definition) is 2. The van der Waals surface area contributed by atoms with E-state index in [1.54, 1.807) is 0 Å². The molecule has 0 bridgehead atoms. The molecule has 0 saturated heterocycles. The molecule has 1 atom stereocenters. The molecule has 0 aromatic carbocycles. The van der Waals surface area contributed by atoms with Crippen molar-refractivity contribution >= 4 is 5.91 Å². The van der Waals surface area contributed by atoms with Crippen LogP contribution in [0.4, 0.5) is 0 Å². The zero-order chi connectivity index (χ0) is 16.1. The summed E-state index contributed by atoms with van der Waals surface area (Å²) in [6.07, 6.45) is 11.5. The lowest BCUT2D eigenvalue weighted by atomic mass is 10.0. The van der Waals surface area contributed by atoms with Crippen LogP contribution in [0.2, 0.25) is 0 Å². The number of unbranched alkanes of at least 4 members (excludes halogenated alkanes) is 7. The molecule has 2 N–H and O–H groups in total. The molecule has 1 unspecified atom stereocenters. The fraction of sp³-hybridized carbons (Fsp3) is 0.944. The van der Waals surface area contributed by atoms with E-state index in [1.165, 1.54) is 51.4 Å². The Balaban J connectivity index is 3.53. The molecule has 0 heterocycles. The zero-order valence-corrected chi connectivity index (χ0v) is 15.1. The van der Waals surface area contributed by atoms with Crippen LogP contribution < -0.4 is 10.6 Å². The van der Waals surface area contributed by atoms with E-state index in [1.807, 2.05) is 6.92 Å². The maximum Gasteiger partial charge on any atom is 0.237 e. The molecule has 21 heavy (non-hydrogen) atoms. The summed E-state index contributed by atoms with van der Waals surface area (Å²) in [5, 5.41) is 6.41. The lowest BCUT2D eigenvalue weighted by Gasteiger charge is -2.26. The van der Waals surface area contributed by atoms with E-state index >= 15 is 0 Å². The number of hydrogen-bond acceptors (Lipinski definition) is 2. The topological polar surface area (TPSA) is 41.1 Å². The molecule has 0 aromatic rings. The van der Waals surface area contributed by atoms with Crippen molar-refractivity contribution in [3.05, 3.63) is 0 Å². The Bertz CT molecular complexity index is 264. The summed E-state index contributed by atoms with van der Waals surface area (Å²) in [7, 11) is 0.